The first kappa shape index (κ1) is 4.33. The Bertz CT molecular complexity index is 534. The fraction of sp³-hybridized carbons (Fsp3) is 0.500. The van der Waals surface area contributed by atoms with Crippen LogP contribution >= 0.6 is 0 Å². The number of hydrogen-bond acceptors (Lipinski definition) is 2. The molecule has 1 heterocycles. The predicted octanol–water partition coefficient (Wildman–Crippen LogP) is 1.64. The van der Waals surface area contributed by atoms with Crippen LogP contribution in [0.2, 0.25) is 0 Å². The standard InChI is InChI=1S/C12H17NO/c14-10-12-7-4-8-13(12)9-11-5-2-1-3-6-11/h1-3,5-6,12,14H,4,7-10H2/t12-/m0/s1/i1D,2D,3D,5D,6D,9D2. The molecular formula is C12H17NO. The summed E-state index contributed by atoms with van der Waals surface area (Å²) in [5.74, 6) is 0. The Morgan fingerprint density at radius 1 is 1.50 bits per heavy atom. The smallest absolute Gasteiger partial charge is 0.0626 e. The third-order valence-electron chi connectivity index (χ3n) is 2.34. The molecule has 0 bridgehead atoms. The molecule has 0 unspecified atom stereocenters. The predicted molar refractivity (Wildman–Crippen MR) is 57.0 cm³/mol. The van der Waals surface area contributed by atoms with Crippen LogP contribution in [0.4, 0.5) is 0 Å². The molecule has 2 heteroatoms. The average molecular weight is 198 g/mol. The van der Waals surface area contributed by atoms with Gasteiger partial charge in [0.05, 0.1) is 13.5 Å². The van der Waals surface area contributed by atoms with E-state index in [0.717, 1.165) is 0 Å². The van der Waals surface area contributed by atoms with Gasteiger partial charge in [0, 0.05) is 15.3 Å². The number of likely N-dealkylation sites (tertiary alicyclic amines) is 1. The van der Waals surface area contributed by atoms with Crippen LogP contribution in [0.5, 0.6) is 0 Å². The normalized spacial score (nSPS) is 30.9. The van der Waals surface area contributed by atoms with Gasteiger partial charge in [-0.1, -0.05) is 30.2 Å². The van der Waals surface area contributed by atoms with Gasteiger partial charge in [0.15, 0.2) is 0 Å². The Balaban J connectivity index is 2.60. The summed E-state index contributed by atoms with van der Waals surface area (Å²) in [5, 5.41) is 9.33. The number of aliphatic hydroxyl groups excluding tert-OH is 1. The fourth-order valence-electron chi connectivity index (χ4n) is 1.62. The van der Waals surface area contributed by atoms with E-state index in [2.05, 4.69) is 0 Å². The van der Waals surface area contributed by atoms with Crippen molar-refractivity contribution in [3.8, 4) is 0 Å². The first-order valence-electron chi connectivity index (χ1n) is 8.18. The SMILES string of the molecule is [2H]c1c([2H])c([2H])c(C([2H])([2H])N2CCC[C@H]2CO)c([2H])c1[2H]. The lowest BCUT2D eigenvalue weighted by Crippen LogP contribution is -2.31. The van der Waals surface area contributed by atoms with Gasteiger partial charge >= 0.3 is 0 Å². The molecule has 0 radical (unpaired) electrons. The van der Waals surface area contributed by atoms with Crippen molar-refractivity contribution in [3.63, 3.8) is 0 Å². The number of aliphatic hydroxyl groups is 1. The van der Waals surface area contributed by atoms with Crippen molar-refractivity contribution in [2.24, 2.45) is 0 Å². The lowest BCUT2D eigenvalue weighted by atomic mass is 10.2. The number of benzene rings is 1. The summed E-state index contributed by atoms with van der Waals surface area (Å²) >= 11 is 0. The van der Waals surface area contributed by atoms with Crippen molar-refractivity contribution in [1.29, 1.82) is 0 Å². The zero-order valence-corrected chi connectivity index (χ0v) is 7.80. The Kier molecular flexibility index (Phi) is 1.42. The van der Waals surface area contributed by atoms with Crippen LogP contribution in [0.1, 0.15) is 28.0 Å². The van der Waals surface area contributed by atoms with Crippen molar-refractivity contribution in [1.82, 2.24) is 4.90 Å². The van der Waals surface area contributed by atoms with E-state index >= 15 is 0 Å². The minimum Gasteiger partial charge on any atom is -0.395 e. The number of hydrogen-bond donors (Lipinski definition) is 1. The highest BCUT2D eigenvalue weighted by atomic mass is 16.3. The van der Waals surface area contributed by atoms with Gasteiger partial charge in [-0.2, -0.15) is 0 Å². The van der Waals surface area contributed by atoms with Crippen molar-refractivity contribution >= 4 is 0 Å². The molecule has 0 aliphatic carbocycles. The summed E-state index contributed by atoms with van der Waals surface area (Å²) in [7, 11) is 0. The highest BCUT2D eigenvalue weighted by Gasteiger charge is 2.23. The van der Waals surface area contributed by atoms with Crippen LogP contribution in [-0.4, -0.2) is 29.2 Å². The molecule has 1 aromatic rings. The molecule has 0 amide bonds. The number of nitrogens with zero attached hydrogens (tertiary/aromatic N) is 1. The monoisotopic (exact) mass is 198 g/mol. The molecule has 2 nitrogen and oxygen atoms in total. The van der Waals surface area contributed by atoms with Gasteiger partial charge in [0.25, 0.3) is 0 Å². The van der Waals surface area contributed by atoms with Gasteiger partial charge in [0.2, 0.25) is 0 Å². The van der Waals surface area contributed by atoms with Gasteiger partial charge in [-0.05, 0) is 24.9 Å². The summed E-state index contributed by atoms with van der Waals surface area (Å²) in [6.45, 7) is -2.07. The largest absolute Gasteiger partial charge is 0.395 e. The molecule has 2 rings (SSSR count). The zero-order valence-electron chi connectivity index (χ0n) is 14.8. The molecule has 1 saturated heterocycles. The molecular weight excluding hydrogens is 174 g/mol. The van der Waals surface area contributed by atoms with E-state index in [1.54, 1.807) is 0 Å². The Hall–Kier alpha value is -0.860. The van der Waals surface area contributed by atoms with E-state index < -0.39 is 42.8 Å². The molecule has 0 saturated carbocycles. The van der Waals surface area contributed by atoms with E-state index in [9.17, 15) is 5.11 Å². The van der Waals surface area contributed by atoms with Crippen LogP contribution in [-0.2, 0) is 6.50 Å². The summed E-state index contributed by atoms with van der Waals surface area (Å²) < 4.78 is 55.1. The second-order valence-corrected chi connectivity index (χ2v) is 3.28. The third kappa shape index (κ3) is 2.14. The van der Waals surface area contributed by atoms with Gasteiger partial charge < -0.3 is 5.11 Å². The summed E-state index contributed by atoms with van der Waals surface area (Å²) in [5.41, 5.74) is -0.367. The van der Waals surface area contributed by atoms with Crippen molar-refractivity contribution in [2.75, 3.05) is 13.2 Å². The molecule has 1 N–H and O–H groups in total. The van der Waals surface area contributed by atoms with E-state index in [0.29, 0.717) is 19.4 Å². The van der Waals surface area contributed by atoms with Crippen LogP contribution < -0.4 is 0 Å². The average Bonchev–Trinajstić information content (AvgIpc) is 2.92. The molecule has 1 aliphatic rings. The molecule has 14 heavy (non-hydrogen) atoms. The van der Waals surface area contributed by atoms with Crippen LogP contribution in [0, 0.1) is 0 Å². The maximum absolute atomic E-state index is 9.33. The third-order valence-corrected chi connectivity index (χ3v) is 2.34. The lowest BCUT2D eigenvalue weighted by molar-refractivity contribution is 0.153. The van der Waals surface area contributed by atoms with Gasteiger partial charge in [-0.25, -0.2) is 0 Å². The van der Waals surface area contributed by atoms with E-state index in [1.807, 2.05) is 0 Å². The first-order chi connectivity index (χ1) is 9.73. The minimum absolute atomic E-state index is 0.224. The quantitative estimate of drug-likeness (QED) is 0.798. The van der Waals surface area contributed by atoms with E-state index in [1.165, 1.54) is 4.90 Å². The molecule has 0 spiro atoms. The van der Waals surface area contributed by atoms with E-state index in [-0.39, 0.29) is 12.2 Å². The number of rotatable bonds is 3. The first-order valence-corrected chi connectivity index (χ1v) is 4.68. The summed E-state index contributed by atoms with van der Waals surface area (Å²) in [6, 6.07) is -3.10. The maximum Gasteiger partial charge on any atom is 0.0626 e. The van der Waals surface area contributed by atoms with Crippen molar-refractivity contribution < 1.29 is 14.7 Å². The van der Waals surface area contributed by atoms with Crippen LogP contribution in [0.3, 0.4) is 0 Å². The zero-order chi connectivity index (χ0) is 15.9. The minimum atomic E-state index is -2.22. The molecule has 1 aliphatic heterocycles. The van der Waals surface area contributed by atoms with Crippen molar-refractivity contribution in [3.05, 3.63) is 35.8 Å². The van der Waals surface area contributed by atoms with Gasteiger partial charge in [-0.15, -0.1) is 0 Å². The molecule has 1 fully saturated rings. The molecule has 0 aromatic heterocycles. The highest BCUT2D eigenvalue weighted by Crippen LogP contribution is 2.19. The Labute approximate surface area is 95.0 Å². The summed E-state index contributed by atoms with van der Waals surface area (Å²) in [4.78, 5) is 1.38. The lowest BCUT2D eigenvalue weighted by Gasteiger charge is -2.22. The maximum atomic E-state index is 9.33. The second kappa shape index (κ2) is 4.58. The van der Waals surface area contributed by atoms with Crippen LogP contribution in [0.25, 0.3) is 0 Å². The topological polar surface area (TPSA) is 23.5 Å². The second-order valence-electron chi connectivity index (χ2n) is 3.28. The Morgan fingerprint density at radius 3 is 3.00 bits per heavy atom. The summed E-state index contributed by atoms with van der Waals surface area (Å²) in [6.07, 6.45) is 1.32. The van der Waals surface area contributed by atoms with Gasteiger partial charge in [0.1, 0.15) is 0 Å². The highest BCUT2D eigenvalue weighted by molar-refractivity contribution is 5.14. The fourth-order valence-corrected chi connectivity index (χ4v) is 1.62. The van der Waals surface area contributed by atoms with Gasteiger partial charge in [-0.3, -0.25) is 4.90 Å². The Morgan fingerprint density at radius 2 is 2.29 bits per heavy atom. The molecule has 76 valence electrons. The van der Waals surface area contributed by atoms with Crippen LogP contribution in [0.15, 0.2) is 30.2 Å². The van der Waals surface area contributed by atoms with Crippen molar-refractivity contribution in [2.45, 2.75) is 25.4 Å². The molecule has 1 aromatic carbocycles. The molecule has 1 atom stereocenters. The van der Waals surface area contributed by atoms with E-state index in [4.69, 9.17) is 9.60 Å².